The quantitative estimate of drug-likeness (QED) is 0.899. The summed E-state index contributed by atoms with van der Waals surface area (Å²) in [5, 5.41) is 7.32. The van der Waals surface area contributed by atoms with Gasteiger partial charge in [0.25, 0.3) is 0 Å². The maximum atomic E-state index is 12.2. The van der Waals surface area contributed by atoms with Crippen LogP contribution in [0.3, 0.4) is 0 Å². The van der Waals surface area contributed by atoms with Crippen LogP contribution in [0.25, 0.3) is 11.0 Å². The molecule has 1 amide bonds. The van der Waals surface area contributed by atoms with Crippen LogP contribution in [0, 0.1) is 11.8 Å². The Morgan fingerprint density at radius 2 is 2.10 bits per heavy atom. The summed E-state index contributed by atoms with van der Waals surface area (Å²) in [6.07, 6.45) is 0. The van der Waals surface area contributed by atoms with Crippen molar-refractivity contribution in [2.45, 2.75) is 19.9 Å². The summed E-state index contributed by atoms with van der Waals surface area (Å²) < 4.78 is 5.78. The average Bonchev–Trinajstić information content (AvgIpc) is 2.80. The van der Waals surface area contributed by atoms with Crippen LogP contribution in [-0.2, 0) is 4.79 Å². The molecule has 2 heterocycles. The summed E-state index contributed by atoms with van der Waals surface area (Å²) in [6.45, 7) is 5.83. The van der Waals surface area contributed by atoms with Crippen LogP contribution in [0.5, 0.6) is 0 Å². The molecule has 0 radical (unpaired) electrons. The highest BCUT2D eigenvalue weighted by Crippen LogP contribution is 2.24. The van der Waals surface area contributed by atoms with Gasteiger partial charge in [-0.2, -0.15) is 0 Å². The Kier molecular flexibility index (Phi) is 3.49. The number of amides is 1. The second-order valence-electron chi connectivity index (χ2n) is 5.62. The summed E-state index contributed by atoms with van der Waals surface area (Å²) in [5.74, 6) is 1.41. The van der Waals surface area contributed by atoms with Crippen LogP contribution in [-0.4, -0.2) is 19.0 Å². The molecule has 1 aromatic heterocycles. The molecule has 0 aliphatic carbocycles. The van der Waals surface area contributed by atoms with Gasteiger partial charge in [0, 0.05) is 11.3 Å². The fraction of sp³-hybridized carbons (Fsp3) is 0.438. The Hall–Kier alpha value is -1.81. The van der Waals surface area contributed by atoms with Crippen molar-refractivity contribution in [2.24, 2.45) is 11.8 Å². The predicted molar refractivity (Wildman–Crippen MR) is 78.3 cm³/mol. The molecule has 3 rings (SSSR count). The smallest absolute Gasteiger partial charge is 0.223 e. The number of carbonyl (C=O) groups excluding carboxylic acids is 1. The van der Waals surface area contributed by atoms with Gasteiger partial charge in [0.15, 0.2) is 0 Å². The molecule has 1 aromatic carbocycles. The molecule has 0 spiro atoms. The van der Waals surface area contributed by atoms with Gasteiger partial charge in [-0.05, 0) is 38.1 Å². The second kappa shape index (κ2) is 5.29. The van der Waals surface area contributed by atoms with Crippen molar-refractivity contribution in [2.75, 3.05) is 13.1 Å². The first-order chi connectivity index (χ1) is 9.65. The highest BCUT2D eigenvalue weighted by molar-refractivity contribution is 5.80. The van der Waals surface area contributed by atoms with E-state index in [1.54, 1.807) is 0 Å². The van der Waals surface area contributed by atoms with E-state index >= 15 is 0 Å². The topological polar surface area (TPSA) is 54.3 Å². The van der Waals surface area contributed by atoms with Crippen molar-refractivity contribution in [3.05, 3.63) is 36.1 Å². The minimum atomic E-state index is -0.106. The molecule has 0 saturated carbocycles. The van der Waals surface area contributed by atoms with Gasteiger partial charge in [-0.3, -0.25) is 4.79 Å². The summed E-state index contributed by atoms with van der Waals surface area (Å²) in [6, 6.07) is 9.78. The van der Waals surface area contributed by atoms with Gasteiger partial charge in [0.1, 0.15) is 11.3 Å². The normalized spacial score (nSPS) is 18.5. The third-order valence-corrected chi connectivity index (χ3v) is 4.16. The van der Waals surface area contributed by atoms with Crippen molar-refractivity contribution in [1.82, 2.24) is 10.6 Å². The first kappa shape index (κ1) is 13.2. The maximum Gasteiger partial charge on any atom is 0.223 e. The van der Waals surface area contributed by atoms with Crippen LogP contribution < -0.4 is 10.6 Å². The zero-order chi connectivity index (χ0) is 14.1. The Balaban J connectivity index is 1.68. The monoisotopic (exact) mass is 272 g/mol. The van der Waals surface area contributed by atoms with E-state index in [1.165, 1.54) is 0 Å². The minimum Gasteiger partial charge on any atom is -0.459 e. The largest absolute Gasteiger partial charge is 0.459 e. The number of fused-ring (bicyclic) bond motifs is 1. The summed E-state index contributed by atoms with van der Waals surface area (Å²) in [7, 11) is 0. The molecular weight excluding hydrogens is 252 g/mol. The number of hydrogen-bond acceptors (Lipinski definition) is 3. The van der Waals surface area contributed by atoms with Gasteiger partial charge >= 0.3 is 0 Å². The van der Waals surface area contributed by atoms with Crippen LogP contribution >= 0.6 is 0 Å². The summed E-state index contributed by atoms with van der Waals surface area (Å²) in [4.78, 5) is 12.2. The molecule has 0 bridgehead atoms. The van der Waals surface area contributed by atoms with Crippen molar-refractivity contribution in [3.63, 3.8) is 0 Å². The van der Waals surface area contributed by atoms with Crippen molar-refractivity contribution in [1.29, 1.82) is 0 Å². The number of furan rings is 1. The molecule has 1 aliphatic heterocycles. The molecule has 2 atom stereocenters. The van der Waals surface area contributed by atoms with Gasteiger partial charge in [0.05, 0.1) is 6.04 Å². The lowest BCUT2D eigenvalue weighted by atomic mass is 9.88. The lowest BCUT2D eigenvalue weighted by Crippen LogP contribution is -2.49. The second-order valence-corrected chi connectivity index (χ2v) is 5.62. The van der Waals surface area contributed by atoms with E-state index in [1.807, 2.05) is 44.2 Å². The Morgan fingerprint density at radius 1 is 1.35 bits per heavy atom. The average molecular weight is 272 g/mol. The SMILES string of the molecule is CC(NC(=O)C(C)C1CNC1)c1cc2ccccc2o1. The van der Waals surface area contributed by atoms with Crippen molar-refractivity contribution in [3.8, 4) is 0 Å². The summed E-state index contributed by atoms with van der Waals surface area (Å²) in [5.41, 5.74) is 0.861. The molecule has 1 saturated heterocycles. The van der Waals surface area contributed by atoms with Crippen LogP contribution in [0.4, 0.5) is 0 Å². The van der Waals surface area contributed by atoms with Crippen molar-refractivity contribution >= 4 is 16.9 Å². The number of rotatable bonds is 4. The number of nitrogens with one attached hydrogen (secondary N) is 2. The zero-order valence-electron chi connectivity index (χ0n) is 11.8. The molecule has 20 heavy (non-hydrogen) atoms. The third kappa shape index (κ3) is 2.43. The van der Waals surface area contributed by atoms with Gasteiger partial charge < -0.3 is 15.1 Å². The van der Waals surface area contributed by atoms with Gasteiger partial charge in [-0.1, -0.05) is 25.1 Å². The van der Waals surface area contributed by atoms with E-state index in [0.717, 1.165) is 29.8 Å². The van der Waals surface area contributed by atoms with E-state index in [2.05, 4.69) is 10.6 Å². The molecule has 106 valence electrons. The Bertz CT molecular complexity index is 583. The first-order valence-electron chi connectivity index (χ1n) is 7.14. The molecule has 4 heteroatoms. The predicted octanol–water partition coefficient (Wildman–Crippen LogP) is 2.47. The number of carbonyl (C=O) groups is 1. The number of benzene rings is 1. The molecular formula is C16H20N2O2. The molecule has 2 N–H and O–H groups in total. The Labute approximate surface area is 118 Å². The van der Waals surface area contributed by atoms with Crippen LogP contribution in [0.15, 0.2) is 34.7 Å². The molecule has 2 aromatic rings. The fourth-order valence-corrected chi connectivity index (χ4v) is 2.51. The van der Waals surface area contributed by atoms with E-state index in [-0.39, 0.29) is 17.9 Å². The first-order valence-corrected chi connectivity index (χ1v) is 7.14. The van der Waals surface area contributed by atoms with Crippen LogP contribution in [0.1, 0.15) is 25.6 Å². The lowest BCUT2D eigenvalue weighted by molar-refractivity contribution is -0.127. The highest BCUT2D eigenvalue weighted by Gasteiger charge is 2.29. The molecule has 1 fully saturated rings. The lowest BCUT2D eigenvalue weighted by Gasteiger charge is -2.32. The maximum absolute atomic E-state index is 12.2. The number of para-hydroxylation sites is 1. The molecule has 1 aliphatic rings. The standard InChI is InChI=1S/C16H20N2O2/c1-10(13-8-17-9-13)16(19)18-11(2)15-7-12-5-3-4-6-14(12)20-15/h3-7,10-11,13,17H,8-9H2,1-2H3,(H,18,19). The van der Waals surface area contributed by atoms with E-state index in [9.17, 15) is 4.79 Å². The zero-order valence-corrected chi connectivity index (χ0v) is 11.8. The molecule has 4 nitrogen and oxygen atoms in total. The van der Waals surface area contributed by atoms with E-state index in [4.69, 9.17) is 4.42 Å². The van der Waals surface area contributed by atoms with Gasteiger partial charge in [-0.15, -0.1) is 0 Å². The van der Waals surface area contributed by atoms with Gasteiger partial charge in [-0.25, -0.2) is 0 Å². The minimum absolute atomic E-state index is 0.0445. The van der Waals surface area contributed by atoms with Crippen molar-refractivity contribution < 1.29 is 9.21 Å². The number of hydrogen-bond donors (Lipinski definition) is 2. The molecule has 2 unspecified atom stereocenters. The van der Waals surface area contributed by atoms with Crippen LogP contribution in [0.2, 0.25) is 0 Å². The highest BCUT2D eigenvalue weighted by atomic mass is 16.3. The van der Waals surface area contributed by atoms with E-state index < -0.39 is 0 Å². The van der Waals surface area contributed by atoms with Gasteiger partial charge in [0.2, 0.25) is 5.91 Å². The van der Waals surface area contributed by atoms with E-state index in [0.29, 0.717) is 5.92 Å². The third-order valence-electron chi connectivity index (χ3n) is 4.16. The fourth-order valence-electron chi connectivity index (χ4n) is 2.51. The summed E-state index contributed by atoms with van der Waals surface area (Å²) >= 11 is 0. The Morgan fingerprint density at radius 3 is 2.75 bits per heavy atom.